The first-order valence-corrected chi connectivity index (χ1v) is 16.7. The van der Waals surface area contributed by atoms with E-state index in [1.807, 2.05) is 0 Å². The molecule has 0 fully saturated rings. The van der Waals surface area contributed by atoms with E-state index in [4.69, 9.17) is 0 Å². The Morgan fingerprint density at radius 1 is 0.850 bits per heavy atom. The summed E-state index contributed by atoms with van der Waals surface area (Å²) in [4.78, 5) is 0. The minimum absolute atomic E-state index is 0.833. The summed E-state index contributed by atoms with van der Waals surface area (Å²) in [7, 11) is 0. The molecular weight excluding hydrogens is 347 g/mol. The Morgan fingerprint density at radius 3 is 1.55 bits per heavy atom. The Bertz CT molecular complexity index is 220. The molecule has 0 N–H and O–H groups in total. The van der Waals surface area contributed by atoms with Crippen LogP contribution in [0.3, 0.4) is 0 Å². The Labute approximate surface area is 133 Å². The van der Waals surface area contributed by atoms with Gasteiger partial charge in [0.15, 0.2) is 0 Å². The van der Waals surface area contributed by atoms with Crippen molar-refractivity contribution in [1.82, 2.24) is 0 Å². The van der Waals surface area contributed by atoms with Crippen LogP contribution in [0.5, 0.6) is 0 Å². The van der Waals surface area contributed by atoms with Gasteiger partial charge in [-0.15, -0.1) is 0 Å². The van der Waals surface area contributed by atoms with Gasteiger partial charge in [-0.2, -0.15) is 0 Å². The van der Waals surface area contributed by atoms with Crippen LogP contribution in [0.1, 0.15) is 86.0 Å². The van der Waals surface area contributed by atoms with E-state index in [0.29, 0.717) is 0 Å². The molecule has 0 aliphatic carbocycles. The van der Waals surface area contributed by atoms with Crippen LogP contribution in [0.4, 0.5) is 0 Å². The van der Waals surface area contributed by atoms with Crippen LogP contribution >= 0.6 is 0 Å². The predicted octanol–water partition coefficient (Wildman–Crippen LogP) is 7.37. The average Bonchev–Trinajstić information content (AvgIpc) is 2.44. The quantitative estimate of drug-likeness (QED) is 0.290. The summed E-state index contributed by atoms with van der Waals surface area (Å²) >= 11 is -2.08. The van der Waals surface area contributed by atoms with Crippen LogP contribution < -0.4 is 0 Å². The van der Waals surface area contributed by atoms with Crippen molar-refractivity contribution in [3.8, 4) is 0 Å². The first-order valence-electron chi connectivity index (χ1n) is 9.20. The normalized spacial score (nSPS) is 12.1. The molecule has 0 heterocycles. The third-order valence-electron chi connectivity index (χ3n) is 4.80. The summed E-state index contributed by atoms with van der Waals surface area (Å²) in [5, 5.41) is 0. The first-order chi connectivity index (χ1) is 9.52. The van der Waals surface area contributed by atoms with Crippen molar-refractivity contribution >= 4 is 18.4 Å². The van der Waals surface area contributed by atoms with Gasteiger partial charge in [-0.05, 0) is 0 Å². The first kappa shape index (κ1) is 20.5. The Balaban J connectivity index is 4.85. The van der Waals surface area contributed by atoms with Crippen molar-refractivity contribution in [2.75, 3.05) is 0 Å². The molecule has 0 nitrogen and oxygen atoms in total. The summed E-state index contributed by atoms with van der Waals surface area (Å²) in [6.07, 6.45) is 11.2. The maximum atomic E-state index is 4.65. The Hall–Kier alpha value is 0.539. The summed E-state index contributed by atoms with van der Waals surface area (Å²) in [5.74, 6) is 0.833. The standard InChI is InChI=1S/C7H13.3C4H9.Sn/c1-4-5-6-7(2)3;3*1-3-4-2;/h7H,1,5-6H2,2-3H3;3*1,3-4H2,2H3;. The summed E-state index contributed by atoms with van der Waals surface area (Å²) in [6.45, 7) is 16.4. The molecule has 0 aromatic carbocycles. The third-order valence-corrected chi connectivity index (χ3v) is 21.0. The average molecular weight is 387 g/mol. The van der Waals surface area contributed by atoms with Crippen LogP contribution in [0.25, 0.3) is 0 Å². The molecule has 0 amide bonds. The molecule has 20 heavy (non-hydrogen) atoms. The van der Waals surface area contributed by atoms with Gasteiger partial charge in [-0.1, -0.05) is 0 Å². The van der Waals surface area contributed by atoms with E-state index in [1.165, 1.54) is 51.4 Å². The second-order valence-corrected chi connectivity index (χ2v) is 20.7. The van der Waals surface area contributed by atoms with Crippen LogP contribution in [0.15, 0.2) is 10.2 Å². The fraction of sp³-hybridized carbons (Fsp3) is 0.895. The molecule has 0 aromatic heterocycles. The Kier molecular flexibility index (Phi) is 12.4. The molecule has 0 atom stereocenters. The number of rotatable bonds is 13. The zero-order valence-corrected chi connectivity index (χ0v) is 17.9. The maximum absolute atomic E-state index is 4.65. The summed E-state index contributed by atoms with van der Waals surface area (Å²) in [5.41, 5.74) is 0. The summed E-state index contributed by atoms with van der Waals surface area (Å²) < 4.78 is 6.54. The summed E-state index contributed by atoms with van der Waals surface area (Å²) in [6, 6.07) is 0. The molecular formula is C19H40Sn. The predicted molar refractivity (Wildman–Crippen MR) is 98.1 cm³/mol. The molecule has 0 rings (SSSR count). The van der Waals surface area contributed by atoms with Gasteiger partial charge in [0, 0.05) is 0 Å². The molecule has 0 bridgehead atoms. The van der Waals surface area contributed by atoms with E-state index in [2.05, 4.69) is 41.2 Å². The van der Waals surface area contributed by atoms with Crippen LogP contribution in [-0.4, -0.2) is 18.4 Å². The van der Waals surface area contributed by atoms with E-state index in [9.17, 15) is 0 Å². The molecule has 120 valence electrons. The van der Waals surface area contributed by atoms with Crippen LogP contribution in [-0.2, 0) is 0 Å². The van der Waals surface area contributed by atoms with Crippen molar-refractivity contribution in [2.24, 2.45) is 5.92 Å². The fourth-order valence-electron chi connectivity index (χ4n) is 3.18. The van der Waals surface area contributed by atoms with Gasteiger partial charge in [-0.3, -0.25) is 0 Å². The minimum atomic E-state index is -2.08. The van der Waals surface area contributed by atoms with Gasteiger partial charge < -0.3 is 0 Å². The van der Waals surface area contributed by atoms with Crippen LogP contribution in [0.2, 0.25) is 13.3 Å². The van der Waals surface area contributed by atoms with Gasteiger partial charge in [0.05, 0.1) is 0 Å². The molecule has 0 aliphatic heterocycles. The van der Waals surface area contributed by atoms with Crippen molar-refractivity contribution in [3.05, 3.63) is 10.2 Å². The number of hydrogen-bond acceptors (Lipinski definition) is 0. The zero-order chi connectivity index (χ0) is 15.4. The molecule has 0 radical (unpaired) electrons. The molecule has 1 heteroatoms. The SMILES string of the molecule is C=[C](CCC(C)C)[Sn]([CH2]CCC)([CH2]CCC)[CH2]CCC. The van der Waals surface area contributed by atoms with E-state index >= 15 is 0 Å². The van der Waals surface area contributed by atoms with E-state index < -0.39 is 18.4 Å². The number of allylic oxidation sites excluding steroid dienone is 1. The third kappa shape index (κ3) is 8.10. The van der Waals surface area contributed by atoms with Crippen molar-refractivity contribution in [2.45, 2.75) is 99.3 Å². The molecule has 0 saturated heterocycles. The van der Waals surface area contributed by atoms with E-state index in [0.717, 1.165) is 5.92 Å². The van der Waals surface area contributed by atoms with Crippen molar-refractivity contribution < 1.29 is 0 Å². The van der Waals surface area contributed by atoms with Gasteiger partial charge in [0.25, 0.3) is 0 Å². The molecule has 0 spiro atoms. The fourth-order valence-corrected chi connectivity index (χ4v) is 19.1. The monoisotopic (exact) mass is 388 g/mol. The topological polar surface area (TPSA) is 0 Å². The van der Waals surface area contributed by atoms with E-state index in [1.54, 1.807) is 16.9 Å². The second kappa shape index (κ2) is 12.1. The van der Waals surface area contributed by atoms with Crippen LogP contribution in [0, 0.1) is 5.92 Å². The van der Waals surface area contributed by atoms with Gasteiger partial charge in [0.2, 0.25) is 0 Å². The molecule has 0 aromatic rings. The number of hydrogen-bond donors (Lipinski definition) is 0. The molecule has 0 saturated carbocycles. The molecule has 0 aliphatic rings. The molecule has 0 unspecified atom stereocenters. The van der Waals surface area contributed by atoms with Gasteiger partial charge in [-0.25, -0.2) is 0 Å². The van der Waals surface area contributed by atoms with Crippen molar-refractivity contribution in [3.63, 3.8) is 0 Å². The van der Waals surface area contributed by atoms with E-state index in [-0.39, 0.29) is 0 Å². The van der Waals surface area contributed by atoms with Gasteiger partial charge >= 0.3 is 134 Å². The zero-order valence-electron chi connectivity index (χ0n) is 15.1. The van der Waals surface area contributed by atoms with Crippen molar-refractivity contribution in [1.29, 1.82) is 0 Å². The number of unbranched alkanes of at least 4 members (excludes halogenated alkanes) is 3. The van der Waals surface area contributed by atoms with Gasteiger partial charge in [0.1, 0.15) is 0 Å². The Morgan fingerprint density at radius 2 is 1.25 bits per heavy atom. The second-order valence-electron chi connectivity index (χ2n) is 7.13.